The van der Waals surface area contributed by atoms with Gasteiger partial charge in [-0.1, -0.05) is 6.07 Å². The van der Waals surface area contributed by atoms with Crippen LogP contribution < -0.4 is 4.74 Å². The summed E-state index contributed by atoms with van der Waals surface area (Å²) in [7, 11) is 1.33. The van der Waals surface area contributed by atoms with Crippen LogP contribution in [-0.2, 0) is 11.3 Å². The fraction of sp³-hybridized carbons (Fsp3) is 0.533. The minimum Gasteiger partial charge on any atom is -0.494 e. The molecule has 7 heteroatoms. The molecule has 1 saturated carbocycles. The minimum absolute atomic E-state index is 0.0577. The van der Waals surface area contributed by atoms with E-state index in [1.54, 1.807) is 0 Å². The molecule has 1 aliphatic carbocycles. The van der Waals surface area contributed by atoms with E-state index >= 15 is 0 Å². The molecule has 1 aliphatic rings. The van der Waals surface area contributed by atoms with E-state index in [1.807, 2.05) is 0 Å². The Morgan fingerprint density at radius 3 is 2.64 bits per heavy atom. The Bertz CT molecular complexity index is 550. The zero-order valence-corrected chi connectivity index (χ0v) is 12.9. The number of hydrogen-bond donors (Lipinski definition) is 0. The Labute approximate surface area is 132 Å². The van der Waals surface area contributed by atoms with E-state index in [0.29, 0.717) is 18.4 Å². The number of rotatable bonds is 7. The topological polar surface area (TPSA) is 29.5 Å². The second kappa shape index (κ2) is 6.77. The summed E-state index contributed by atoms with van der Waals surface area (Å²) in [6, 6.07) is 4.10. The summed E-state index contributed by atoms with van der Waals surface area (Å²) < 4.78 is 46.3. The van der Waals surface area contributed by atoms with Gasteiger partial charge in [0.2, 0.25) is 5.91 Å². The van der Waals surface area contributed by atoms with E-state index in [0.717, 1.165) is 4.90 Å². The Morgan fingerprint density at radius 1 is 1.45 bits per heavy atom. The molecule has 3 nitrogen and oxygen atoms in total. The van der Waals surface area contributed by atoms with Gasteiger partial charge in [-0.25, -0.2) is 13.2 Å². The Balaban J connectivity index is 2.12. The van der Waals surface area contributed by atoms with Crippen LogP contribution in [0.15, 0.2) is 18.2 Å². The molecule has 22 heavy (non-hydrogen) atoms. The molecule has 0 bridgehead atoms. The molecule has 1 aromatic rings. The summed E-state index contributed by atoms with van der Waals surface area (Å²) in [6.07, 6.45) is 0.931. The predicted octanol–water partition coefficient (Wildman–Crippen LogP) is 3.45. The summed E-state index contributed by atoms with van der Waals surface area (Å²) in [6.45, 7) is -0.814. The van der Waals surface area contributed by atoms with Crippen molar-refractivity contribution in [2.75, 3.05) is 19.5 Å². The van der Waals surface area contributed by atoms with E-state index in [9.17, 15) is 18.0 Å². The number of alkyl halides is 3. The van der Waals surface area contributed by atoms with Crippen molar-refractivity contribution in [1.82, 2.24) is 4.90 Å². The van der Waals surface area contributed by atoms with Crippen molar-refractivity contribution in [3.05, 3.63) is 29.6 Å². The molecule has 122 valence electrons. The molecule has 0 spiro atoms. The monoisotopic (exact) mass is 335 g/mol. The molecule has 0 heterocycles. The first-order valence-electron chi connectivity index (χ1n) is 6.91. The molecule has 1 amide bonds. The number of methoxy groups -OCH3 is 1. The minimum atomic E-state index is -2.94. The van der Waals surface area contributed by atoms with Crippen LogP contribution in [-0.4, -0.2) is 36.3 Å². The third kappa shape index (κ3) is 4.06. The van der Waals surface area contributed by atoms with Crippen molar-refractivity contribution in [2.24, 2.45) is 5.92 Å². The normalized spacial score (nSPS) is 14.8. The van der Waals surface area contributed by atoms with Gasteiger partial charge in [0.05, 0.1) is 13.7 Å². The number of benzene rings is 1. The van der Waals surface area contributed by atoms with Gasteiger partial charge in [-0.2, -0.15) is 0 Å². The fourth-order valence-electron chi connectivity index (χ4n) is 2.23. The molecule has 0 radical (unpaired) electrons. The highest BCUT2D eigenvalue weighted by atomic mass is 35.5. The third-order valence-electron chi connectivity index (χ3n) is 3.63. The number of halogens is 4. The Kier molecular flexibility index (Phi) is 5.21. The summed E-state index contributed by atoms with van der Waals surface area (Å²) in [4.78, 5) is 12.8. The van der Waals surface area contributed by atoms with Gasteiger partial charge >= 0.3 is 0 Å². The quantitative estimate of drug-likeness (QED) is 0.714. The van der Waals surface area contributed by atoms with Crippen molar-refractivity contribution in [1.29, 1.82) is 0 Å². The van der Waals surface area contributed by atoms with Crippen molar-refractivity contribution >= 4 is 17.5 Å². The maximum atomic E-state index is 13.9. The van der Waals surface area contributed by atoms with Crippen LogP contribution in [0.5, 0.6) is 5.75 Å². The standard InChI is InChI=1S/C15H17ClF3NO2/c1-22-13-5-2-10(6-12(13)17)8-20(14(21)7-16)9-15(18,19)11-3-4-11/h2,5-6,11H,3-4,7-9H2,1H3. The van der Waals surface area contributed by atoms with Crippen molar-refractivity contribution in [3.63, 3.8) is 0 Å². The lowest BCUT2D eigenvalue weighted by Gasteiger charge is -2.27. The van der Waals surface area contributed by atoms with Crippen LogP contribution in [0.25, 0.3) is 0 Å². The van der Waals surface area contributed by atoms with E-state index in [4.69, 9.17) is 16.3 Å². The van der Waals surface area contributed by atoms with Gasteiger partial charge in [0.15, 0.2) is 11.6 Å². The molecule has 0 aromatic heterocycles. The number of amides is 1. The smallest absolute Gasteiger partial charge is 0.268 e. The molecule has 1 aromatic carbocycles. The summed E-state index contributed by atoms with van der Waals surface area (Å²) >= 11 is 5.49. The predicted molar refractivity (Wildman–Crippen MR) is 76.8 cm³/mol. The lowest BCUT2D eigenvalue weighted by atomic mass is 10.1. The lowest BCUT2D eigenvalue weighted by Crippen LogP contribution is -2.42. The third-order valence-corrected chi connectivity index (χ3v) is 3.86. The molecule has 0 aliphatic heterocycles. The van der Waals surface area contributed by atoms with Crippen LogP contribution in [0.2, 0.25) is 0 Å². The molecular weight excluding hydrogens is 319 g/mol. The summed E-state index contributed by atoms with van der Waals surface area (Å²) in [5, 5.41) is 0. The zero-order valence-electron chi connectivity index (χ0n) is 12.1. The van der Waals surface area contributed by atoms with Gasteiger partial charge in [-0.05, 0) is 30.5 Å². The molecule has 0 saturated heterocycles. The maximum Gasteiger partial charge on any atom is 0.268 e. The van der Waals surface area contributed by atoms with Gasteiger partial charge in [0, 0.05) is 12.5 Å². The highest BCUT2D eigenvalue weighted by molar-refractivity contribution is 6.27. The summed E-state index contributed by atoms with van der Waals surface area (Å²) in [5.74, 6) is -5.15. The zero-order chi connectivity index (χ0) is 16.3. The van der Waals surface area contributed by atoms with E-state index in [-0.39, 0.29) is 18.2 Å². The first kappa shape index (κ1) is 16.9. The first-order chi connectivity index (χ1) is 10.4. The van der Waals surface area contributed by atoms with Crippen molar-refractivity contribution in [2.45, 2.75) is 25.3 Å². The van der Waals surface area contributed by atoms with Crippen molar-refractivity contribution in [3.8, 4) is 5.75 Å². The number of ether oxygens (including phenoxy) is 1. The number of carbonyl (C=O) groups is 1. The van der Waals surface area contributed by atoms with Crippen LogP contribution in [0.1, 0.15) is 18.4 Å². The van der Waals surface area contributed by atoms with Crippen LogP contribution >= 0.6 is 11.6 Å². The van der Waals surface area contributed by atoms with Gasteiger partial charge < -0.3 is 9.64 Å². The summed E-state index contributed by atoms with van der Waals surface area (Å²) in [5.41, 5.74) is 0.406. The SMILES string of the molecule is COc1ccc(CN(CC(F)(F)C2CC2)C(=O)CCl)cc1F. The Hall–Kier alpha value is -1.43. The fourth-order valence-corrected chi connectivity index (χ4v) is 2.40. The van der Waals surface area contributed by atoms with Gasteiger partial charge in [-0.3, -0.25) is 4.79 Å². The van der Waals surface area contributed by atoms with Gasteiger partial charge in [0.25, 0.3) is 5.92 Å². The highest BCUT2D eigenvalue weighted by Crippen LogP contribution is 2.43. The second-order valence-corrected chi connectivity index (χ2v) is 5.65. The second-order valence-electron chi connectivity index (χ2n) is 5.39. The van der Waals surface area contributed by atoms with Crippen LogP contribution in [0, 0.1) is 11.7 Å². The molecular formula is C15H17ClF3NO2. The number of nitrogens with zero attached hydrogens (tertiary/aromatic N) is 1. The largest absolute Gasteiger partial charge is 0.494 e. The van der Waals surface area contributed by atoms with E-state index < -0.39 is 30.1 Å². The lowest BCUT2D eigenvalue weighted by molar-refractivity contribution is -0.136. The van der Waals surface area contributed by atoms with Crippen molar-refractivity contribution < 1.29 is 22.7 Å². The number of carbonyl (C=O) groups excluding carboxylic acids is 1. The highest BCUT2D eigenvalue weighted by Gasteiger charge is 2.48. The molecule has 0 atom stereocenters. The molecule has 0 N–H and O–H groups in total. The van der Waals surface area contributed by atoms with E-state index in [1.165, 1.54) is 25.3 Å². The van der Waals surface area contributed by atoms with Gasteiger partial charge in [0.1, 0.15) is 5.88 Å². The Morgan fingerprint density at radius 2 is 2.14 bits per heavy atom. The maximum absolute atomic E-state index is 13.9. The van der Waals surface area contributed by atoms with Crippen LogP contribution in [0.4, 0.5) is 13.2 Å². The average Bonchev–Trinajstić information content (AvgIpc) is 3.31. The average molecular weight is 336 g/mol. The van der Waals surface area contributed by atoms with E-state index in [2.05, 4.69) is 0 Å². The van der Waals surface area contributed by atoms with Crippen LogP contribution in [0.3, 0.4) is 0 Å². The number of hydrogen-bond acceptors (Lipinski definition) is 2. The molecule has 1 fully saturated rings. The first-order valence-corrected chi connectivity index (χ1v) is 7.45. The molecule has 0 unspecified atom stereocenters. The van der Waals surface area contributed by atoms with Gasteiger partial charge in [-0.15, -0.1) is 11.6 Å². The molecule has 2 rings (SSSR count).